The second kappa shape index (κ2) is 4.47. The Morgan fingerprint density at radius 3 is 3.00 bits per heavy atom. The van der Waals surface area contributed by atoms with Crippen LogP contribution in [0.1, 0.15) is 18.7 Å². The SMILES string of the molecule is CSCCn1cc(C(C)O)nn1. The van der Waals surface area contributed by atoms with Gasteiger partial charge in [0.05, 0.1) is 18.8 Å². The van der Waals surface area contributed by atoms with Crippen molar-refractivity contribution in [3.63, 3.8) is 0 Å². The van der Waals surface area contributed by atoms with Crippen LogP contribution in [0, 0.1) is 0 Å². The van der Waals surface area contributed by atoms with Gasteiger partial charge in [-0.1, -0.05) is 5.21 Å². The summed E-state index contributed by atoms with van der Waals surface area (Å²) in [7, 11) is 0. The van der Waals surface area contributed by atoms with Crippen LogP contribution < -0.4 is 0 Å². The third-order valence-electron chi connectivity index (χ3n) is 1.51. The number of thioether (sulfide) groups is 1. The van der Waals surface area contributed by atoms with Crippen molar-refractivity contribution in [2.45, 2.75) is 19.6 Å². The first-order valence-electron chi connectivity index (χ1n) is 3.81. The highest BCUT2D eigenvalue weighted by Gasteiger charge is 2.04. The maximum absolute atomic E-state index is 9.14. The maximum atomic E-state index is 9.14. The molecule has 0 aromatic carbocycles. The van der Waals surface area contributed by atoms with E-state index in [-0.39, 0.29) is 0 Å². The minimum Gasteiger partial charge on any atom is -0.387 e. The van der Waals surface area contributed by atoms with Crippen LogP contribution in [-0.4, -0.2) is 32.1 Å². The van der Waals surface area contributed by atoms with Crippen LogP contribution >= 0.6 is 11.8 Å². The summed E-state index contributed by atoms with van der Waals surface area (Å²) in [6.45, 7) is 2.53. The summed E-state index contributed by atoms with van der Waals surface area (Å²) in [6, 6.07) is 0. The minimum atomic E-state index is -0.520. The average Bonchev–Trinajstić information content (AvgIpc) is 2.48. The predicted octanol–water partition coefficient (Wildman–Crippen LogP) is 0.694. The standard InChI is InChI=1S/C7H13N3OS/c1-6(11)7-5-10(9-8-7)3-4-12-2/h5-6,11H,3-4H2,1-2H3. The Morgan fingerprint density at radius 2 is 2.50 bits per heavy atom. The van der Waals surface area contributed by atoms with E-state index in [0.29, 0.717) is 5.69 Å². The molecule has 1 rings (SSSR count). The molecule has 1 aromatic heterocycles. The zero-order chi connectivity index (χ0) is 8.97. The fraction of sp³-hybridized carbons (Fsp3) is 0.714. The second-order valence-electron chi connectivity index (χ2n) is 2.58. The summed E-state index contributed by atoms with van der Waals surface area (Å²) in [5.74, 6) is 1.02. The molecule has 0 amide bonds. The molecule has 0 aliphatic rings. The quantitative estimate of drug-likeness (QED) is 0.753. The van der Waals surface area contributed by atoms with Crippen LogP contribution in [0.3, 0.4) is 0 Å². The topological polar surface area (TPSA) is 50.9 Å². The summed E-state index contributed by atoms with van der Waals surface area (Å²) in [6.07, 6.45) is 3.31. The van der Waals surface area contributed by atoms with Crippen LogP contribution in [0.15, 0.2) is 6.20 Å². The molecular weight excluding hydrogens is 174 g/mol. The highest BCUT2D eigenvalue weighted by Crippen LogP contribution is 2.06. The van der Waals surface area contributed by atoms with E-state index < -0.39 is 6.10 Å². The Hall–Kier alpha value is -0.550. The first kappa shape index (κ1) is 9.54. The highest BCUT2D eigenvalue weighted by molar-refractivity contribution is 7.98. The summed E-state index contributed by atoms with van der Waals surface area (Å²) < 4.78 is 1.75. The molecule has 1 atom stereocenters. The van der Waals surface area contributed by atoms with Gasteiger partial charge < -0.3 is 5.11 Å². The van der Waals surface area contributed by atoms with E-state index in [0.717, 1.165) is 12.3 Å². The van der Waals surface area contributed by atoms with Gasteiger partial charge in [0.15, 0.2) is 0 Å². The molecule has 0 saturated heterocycles. The van der Waals surface area contributed by atoms with Crippen molar-refractivity contribution in [3.8, 4) is 0 Å². The van der Waals surface area contributed by atoms with Gasteiger partial charge in [-0.05, 0) is 13.2 Å². The van der Waals surface area contributed by atoms with Crippen LogP contribution in [-0.2, 0) is 6.54 Å². The van der Waals surface area contributed by atoms with Crippen LogP contribution in [0.5, 0.6) is 0 Å². The van der Waals surface area contributed by atoms with Crippen molar-refractivity contribution in [1.82, 2.24) is 15.0 Å². The van der Waals surface area contributed by atoms with Gasteiger partial charge in [0.2, 0.25) is 0 Å². The molecule has 1 heterocycles. The molecule has 0 aliphatic carbocycles. The molecule has 0 spiro atoms. The lowest BCUT2D eigenvalue weighted by Gasteiger charge is -1.96. The maximum Gasteiger partial charge on any atom is 0.111 e. The number of rotatable bonds is 4. The van der Waals surface area contributed by atoms with Gasteiger partial charge in [0, 0.05) is 5.75 Å². The van der Waals surface area contributed by atoms with Gasteiger partial charge in [0.25, 0.3) is 0 Å². The number of aliphatic hydroxyl groups is 1. The molecule has 12 heavy (non-hydrogen) atoms. The molecule has 1 aromatic rings. The van der Waals surface area contributed by atoms with Crippen LogP contribution in [0.2, 0.25) is 0 Å². The largest absolute Gasteiger partial charge is 0.387 e. The lowest BCUT2D eigenvalue weighted by molar-refractivity contribution is 0.194. The number of aliphatic hydroxyl groups excluding tert-OH is 1. The lowest BCUT2D eigenvalue weighted by atomic mass is 10.3. The Balaban J connectivity index is 2.52. The molecule has 0 aliphatic heterocycles. The smallest absolute Gasteiger partial charge is 0.111 e. The molecule has 1 N–H and O–H groups in total. The second-order valence-corrected chi connectivity index (χ2v) is 3.56. The van der Waals surface area contributed by atoms with E-state index in [1.54, 1.807) is 29.6 Å². The first-order valence-corrected chi connectivity index (χ1v) is 5.20. The van der Waals surface area contributed by atoms with E-state index in [1.165, 1.54) is 0 Å². The van der Waals surface area contributed by atoms with Gasteiger partial charge >= 0.3 is 0 Å². The van der Waals surface area contributed by atoms with Crippen molar-refractivity contribution in [2.24, 2.45) is 0 Å². The minimum absolute atomic E-state index is 0.520. The lowest BCUT2D eigenvalue weighted by Crippen LogP contribution is -2.00. The summed E-state index contributed by atoms with van der Waals surface area (Å²) in [4.78, 5) is 0. The molecule has 1 unspecified atom stereocenters. The molecule has 0 saturated carbocycles. The highest BCUT2D eigenvalue weighted by atomic mass is 32.2. The Kier molecular flexibility index (Phi) is 3.55. The molecule has 4 nitrogen and oxygen atoms in total. The number of aryl methyl sites for hydroxylation is 1. The fourth-order valence-corrected chi connectivity index (χ4v) is 1.17. The van der Waals surface area contributed by atoms with Crippen molar-refractivity contribution >= 4 is 11.8 Å². The third-order valence-corrected chi connectivity index (χ3v) is 2.10. The zero-order valence-corrected chi connectivity index (χ0v) is 8.08. The van der Waals surface area contributed by atoms with Crippen LogP contribution in [0.25, 0.3) is 0 Å². The predicted molar refractivity (Wildman–Crippen MR) is 49.0 cm³/mol. The average molecular weight is 187 g/mol. The Bertz CT molecular complexity index is 236. The third kappa shape index (κ3) is 2.49. The van der Waals surface area contributed by atoms with Gasteiger partial charge in [0.1, 0.15) is 5.69 Å². The van der Waals surface area contributed by atoms with Gasteiger partial charge in [-0.15, -0.1) is 5.10 Å². The number of hydrogen-bond donors (Lipinski definition) is 1. The monoisotopic (exact) mass is 187 g/mol. The van der Waals surface area contributed by atoms with Gasteiger partial charge in [-0.25, -0.2) is 0 Å². The molecule has 0 radical (unpaired) electrons. The van der Waals surface area contributed by atoms with E-state index in [4.69, 9.17) is 5.11 Å². The fourth-order valence-electron chi connectivity index (χ4n) is 0.799. The molecular formula is C7H13N3OS. The number of aromatic nitrogens is 3. The van der Waals surface area contributed by atoms with E-state index >= 15 is 0 Å². The molecule has 5 heteroatoms. The van der Waals surface area contributed by atoms with Crippen molar-refractivity contribution in [1.29, 1.82) is 0 Å². The zero-order valence-electron chi connectivity index (χ0n) is 7.27. The van der Waals surface area contributed by atoms with E-state index in [1.807, 2.05) is 6.26 Å². The van der Waals surface area contributed by atoms with E-state index in [2.05, 4.69) is 10.3 Å². The van der Waals surface area contributed by atoms with E-state index in [9.17, 15) is 0 Å². The summed E-state index contributed by atoms with van der Waals surface area (Å²) in [5.41, 5.74) is 0.635. The van der Waals surface area contributed by atoms with Crippen molar-refractivity contribution in [3.05, 3.63) is 11.9 Å². The summed E-state index contributed by atoms with van der Waals surface area (Å²) >= 11 is 1.76. The van der Waals surface area contributed by atoms with Crippen LogP contribution in [0.4, 0.5) is 0 Å². The molecule has 0 fully saturated rings. The van der Waals surface area contributed by atoms with Crippen molar-refractivity contribution < 1.29 is 5.11 Å². The summed E-state index contributed by atoms with van der Waals surface area (Å²) in [5, 5.41) is 16.8. The van der Waals surface area contributed by atoms with Gasteiger partial charge in [-0.3, -0.25) is 4.68 Å². The number of hydrogen-bond acceptors (Lipinski definition) is 4. The van der Waals surface area contributed by atoms with Crippen molar-refractivity contribution in [2.75, 3.05) is 12.0 Å². The van der Waals surface area contributed by atoms with Gasteiger partial charge in [-0.2, -0.15) is 11.8 Å². The Labute approximate surface area is 76.0 Å². The number of nitrogens with zero attached hydrogens (tertiary/aromatic N) is 3. The molecule has 68 valence electrons. The normalized spacial score (nSPS) is 13.2. The Morgan fingerprint density at radius 1 is 1.75 bits per heavy atom. The molecule has 0 bridgehead atoms. The first-order chi connectivity index (χ1) is 5.74.